The monoisotopic (exact) mass is 131 g/mol. The summed E-state index contributed by atoms with van der Waals surface area (Å²) in [4.78, 5) is 0. The van der Waals surface area contributed by atoms with Gasteiger partial charge < -0.3 is 10.2 Å². The van der Waals surface area contributed by atoms with Gasteiger partial charge in [0.1, 0.15) is 0 Å². The lowest BCUT2D eigenvalue weighted by molar-refractivity contribution is 0.116. The maximum atomic E-state index is 8.78. The van der Waals surface area contributed by atoms with Crippen LogP contribution < -0.4 is 0 Å². The van der Waals surface area contributed by atoms with Crippen LogP contribution in [0.25, 0.3) is 0 Å². The van der Waals surface area contributed by atoms with Crippen LogP contribution in [0.5, 0.6) is 0 Å². The van der Waals surface area contributed by atoms with Gasteiger partial charge in [0.25, 0.3) is 0 Å². The molecule has 9 heavy (non-hydrogen) atoms. The average molecular weight is 131 g/mol. The topological polar surface area (TPSA) is 40.5 Å². The summed E-state index contributed by atoms with van der Waals surface area (Å²) in [7, 11) is 0. The highest BCUT2D eigenvalue weighted by molar-refractivity contribution is 4.73. The fourth-order valence-corrected chi connectivity index (χ4v) is 0.589. The Morgan fingerprint density at radius 1 is 1.56 bits per heavy atom. The maximum absolute atomic E-state index is 8.78. The molecule has 55 valence electrons. The average Bonchev–Trinajstić information content (AvgIpc) is 1.89. The van der Waals surface area contributed by atoms with E-state index >= 15 is 0 Å². The van der Waals surface area contributed by atoms with Crippen LogP contribution in [0.1, 0.15) is 26.2 Å². The van der Waals surface area contributed by atoms with Crippen molar-refractivity contribution in [2.75, 3.05) is 6.61 Å². The van der Waals surface area contributed by atoms with Crippen LogP contribution in [-0.4, -0.2) is 22.9 Å². The highest BCUT2D eigenvalue weighted by Crippen LogP contribution is 2.00. The van der Waals surface area contributed by atoms with E-state index in [2.05, 4.69) is 6.92 Å². The van der Waals surface area contributed by atoms with Crippen molar-refractivity contribution in [3.63, 3.8) is 0 Å². The van der Waals surface area contributed by atoms with Crippen molar-refractivity contribution in [3.8, 4) is 0 Å². The molecule has 0 bridgehead atoms. The number of aliphatic hydroxyl groups excluding tert-OH is 2. The van der Waals surface area contributed by atoms with Gasteiger partial charge in [-0.2, -0.15) is 0 Å². The van der Waals surface area contributed by atoms with E-state index in [1.54, 1.807) is 6.42 Å². The number of hydrogen-bond donors (Lipinski definition) is 2. The second-order valence-electron chi connectivity index (χ2n) is 2.13. The van der Waals surface area contributed by atoms with E-state index in [9.17, 15) is 0 Å². The lowest BCUT2D eigenvalue weighted by Gasteiger charge is -2.03. The van der Waals surface area contributed by atoms with E-state index in [1.165, 1.54) is 0 Å². The van der Waals surface area contributed by atoms with Crippen molar-refractivity contribution >= 4 is 0 Å². The molecular weight excluding hydrogens is 116 g/mol. The Hall–Kier alpha value is -0.0800. The number of rotatable bonds is 5. The number of hydrogen-bond acceptors (Lipinski definition) is 2. The fourth-order valence-electron chi connectivity index (χ4n) is 0.589. The number of unbranched alkanes of at least 4 members (excludes halogenated alkanes) is 2. The Morgan fingerprint density at radius 3 is 2.67 bits per heavy atom. The Kier molecular flexibility index (Phi) is 5.99. The molecule has 2 N–H and O–H groups in total. The molecule has 0 aliphatic heterocycles. The molecule has 0 amide bonds. The summed E-state index contributed by atoms with van der Waals surface area (Å²) in [5.41, 5.74) is 0. The van der Waals surface area contributed by atoms with E-state index in [1.807, 2.05) is 0 Å². The van der Waals surface area contributed by atoms with Gasteiger partial charge in [-0.3, -0.25) is 0 Å². The zero-order valence-corrected chi connectivity index (χ0v) is 5.88. The SMILES string of the molecule is CCCC[CH]C(O)CO. The Balaban J connectivity index is 2.88. The van der Waals surface area contributed by atoms with E-state index < -0.39 is 6.10 Å². The van der Waals surface area contributed by atoms with E-state index in [0.717, 1.165) is 19.3 Å². The lowest BCUT2D eigenvalue weighted by atomic mass is 10.1. The van der Waals surface area contributed by atoms with Crippen LogP contribution in [0.2, 0.25) is 0 Å². The Labute approximate surface area is 56.5 Å². The smallest absolute Gasteiger partial charge is 0.0802 e. The highest BCUT2D eigenvalue weighted by atomic mass is 16.3. The molecule has 0 spiro atoms. The van der Waals surface area contributed by atoms with Gasteiger partial charge in [-0.1, -0.05) is 19.8 Å². The first-order valence-electron chi connectivity index (χ1n) is 3.43. The third-order valence-electron chi connectivity index (χ3n) is 1.18. The molecule has 1 radical (unpaired) electrons. The van der Waals surface area contributed by atoms with Crippen molar-refractivity contribution in [2.24, 2.45) is 0 Å². The summed E-state index contributed by atoms with van der Waals surface area (Å²) in [6.07, 6.45) is 4.25. The minimum Gasteiger partial charge on any atom is -0.394 e. The maximum Gasteiger partial charge on any atom is 0.0802 e. The molecule has 0 fully saturated rings. The second-order valence-corrected chi connectivity index (χ2v) is 2.13. The molecule has 2 heteroatoms. The second kappa shape index (κ2) is 6.05. The first-order chi connectivity index (χ1) is 4.31. The van der Waals surface area contributed by atoms with Gasteiger partial charge in [-0.15, -0.1) is 0 Å². The van der Waals surface area contributed by atoms with E-state index in [-0.39, 0.29) is 6.61 Å². The molecule has 0 aromatic rings. The first kappa shape index (κ1) is 8.92. The zero-order chi connectivity index (χ0) is 7.11. The molecule has 0 saturated heterocycles. The van der Waals surface area contributed by atoms with E-state index in [0.29, 0.717) is 0 Å². The molecular formula is C7H15O2. The van der Waals surface area contributed by atoms with Crippen LogP contribution in [0.15, 0.2) is 0 Å². The molecule has 0 rings (SSSR count). The van der Waals surface area contributed by atoms with Crippen LogP contribution in [0, 0.1) is 6.42 Å². The van der Waals surface area contributed by atoms with Crippen molar-refractivity contribution in [1.29, 1.82) is 0 Å². The Bertz CT molecular complexity index is 54.9. The first-order valence-corrected chi connectivity index (χ1v) is 3.43. The van der Waals surface area contributed by atoms with Gasteiger partial charge in [0.05, 0.1) is 12.7 Å². The van der Waals surface area contributed by atoms with Gasteiger partial charge in [0.15, 0.2) is 0 Å². The summed E-state index contributed by atoms with van der Waals surface area (Å²) in [5, 5.41) is 17.1. The minimum atomic E-state index is -0.614. The largest absolute Gasteiger partial charge is 0.394 e. The van der Waals surface area contributed by atoms with Crippen LogP contribution >= 0.6 is 0 Å². The lowest BCUT2D eigenvalue weighted by Crippen LogP contribution is -2.11. The predicted octanol–water partition coefficient (Wildman–Crippen LogP) is 0.734. The van der Waals surface area contributed by atoms with Crippen molar-refractivity contribution < 1.29 is 10.2 Å². The van der Waals surface area contributed by atoms with Gasteiger partial charge in [-0.25, -0.2) is 0 Å². The summed E-state index contributed by atoms with van der Waals surface area (Å²) in [6, 6.07) is 0. The molecule has 2 nitrogen and oxygen atoms in total. The summed E-state index contributed by atoms with van der Waals surface area (Å²) in [6.45, 7) is 1.95. The predicted molar refractivity (Wildman–Crippen MR) is 36.9 cm³/mol. The van der Waals surface area contributed by atoms with Gasteiger partial charge in [0, 0.05) is 0 Å². The third kappa shape index (κ3) is 5.80. The van der Waals surface area contributed by atoms with Gasteiger partial charge in [0.2, 0.25) is 0 Å². The third-order valence-corrected chi connectivity index (χ3v) is 1.18. The number of aliphatic hydroxyl groups is 2. The van der Waals surface area contributed by atoms with E-state index in [4.69, 9.17) is 10.2 Å². The molecule has 0 saturated carbocycles. The zero-order valence-electron chi connectivity index (χ0n) is 5.88. The van der Waals surface area contributed by atoms with Crippen LogP contribution in [0.4, 0.5) is 0 Å². The Morgan fingerprint density at radius 2 is 2.22 bits per heavy atom. The minimum absolute atomic E-state index is 0.149. The quantitative estimate of drug-likeness (QED) is 0.540. The van der Waals surface area contributed by atoms with Crippen molar-refractivity contribution in [3.05, 3.63) is 6.42 Å². The molecule has 0 aromatic heterocycles. The van der Waals surface area contributed by atoms with Crippen molar-refractivity contribution in [2.45, 2.75) is 32.3 Å². The molecule has 1 atom stereocenters. The molecule has 0 aliphatic carbocycles. The summed E-state index contributed by atoms with van der Waals surface area (Å²) < 4.78 is 0. The summed E-state index contributed by atoms with van der Waals surface area (Å²) in [5.74, 6) is 0. The van der Waals surface area contributed by atoms with Gasteiger partial charge in [-0.05, 0) is 12.8 Å². The normalized spacial score (nSPS) is 13.7. The fraction of sp³-hybridized carbons (Fsp3) is 0.857. The summed E-state index contributed by atoms with van der Waals surface area (Å²) >= 11 is 0. The van der Waals surface area contributed by atoms with Crippen LogP contribution in [0.3, 0.4) is 0 Å². The standard InChI is InChI=1S/C7H15O2/c1-2-3-4-5-7(9)6-8/h5,7-9H,2-4,6H2,1H3. The highest BCUT2D eigenvalue weighted by Gasteiger charge is 1.99. The van der Waals surface area contributed by atoms with Crippen LogP contribution in [-0.2, 0) is 0 Å². The molecule has 0 aromatic carbocycles. The molecule has 0 heterocycles. The van der Waals surface area contributed by atoms with Gasteiger partial charge >= 0.3 is 0 Å². The molecule has 1 unspecified atom stereocenters. The van der Waals surface area contributed by atoms with Crippen molar-refractivity contribution in [1.82, 2.24) is 0 Å². The molecule has 0 aliphatic rings.